The molecule has 5 unspecified atom stereocenters. The lowest BCUT2D eigenvalue weighted by molar-refractivity contribution is 0.0480. The van der Waals surface area contributed by atoms with E-state index in [-0.39, 0.29) is 0 Å². The Labute approximate surface area is 175 Å². The van der Waals surface area contributed by atoms with Crippen molar-refractivity contribution in [2.24, 2.45) is 35.3 Å². The van der Waals surface area contributed by atoms with Crippen LogP contribution in [0.2, 0.25) is 0 Å². The van der Waals surface area contributed by atoms with Gasteiger partial charge in [0.15, 0.2) is 0 Å². The van der Waals surface area contributed by atoms with Crippen molar-refractivity contribution in [2.45, 2.75) is 94.0 Å². The highest BCUT2D eigenvalue weighted by atomic mass is 32.2. The van der Waals surface area contributed by atoms with Crippen molar-refractivity contribution < 1.29 is 0 Å². The molecule has 2 bridgehead atoms. The van der Waals surface area contributed by atoms with Crippen LogP contribution in [0.25, 0.3) is 0 Å². The second kappa shape index (κ2) is 8.46. The summed E-state index contributed by atoms with van der Waals surface area (Å²) in [5, 5.41) is 10.1. The van der Waals surface area contributed by atoms with Gasteiger partial charge in [-0.05, 0) is 87.9 Å². The number of nitriles is 1. The molecule has 5 fully saturated rings. The molecule has 5 rings (SSSR count). The molecule has 2 saturated carbocycles. The van der Waals surface area contributed by atoms with Crippen molar-refractivity contribution in [3.05, 3.63) is 0 Å². The molecule has 0 aromatic heterocycles. The molecule has 3 saturated heterocycles. The van der Waals surface area contributed by atoms with Gasteiger partial charge in [-0.15, -0.1) is 0 Å². The molecule has 28 heavy (non-hydrogen) atoms. The molecule has 156 valence electrons. The summed E-state index contributed by atoms with van der Waals surface area (Å²) in [6.45, 7) is 2.50. The lowest BCUT2D eigenvalue weighted by Crippen LogP contribution is -2.46. The van der Waals surface area contributed by atoms with E-state index in [1.807, 2.05) is 0 Å². The summed E-state index contributed by atoms with van der Waals surface area (Å²) in [4.78, 5) is 2.85. The number of hydrogen-bond acceptors (Lipinski definition) is 5. The summed E-state index contributed by atoms with van der Waals surface area (Å²) in [7, 11) is 0. The Morgan fingerprint density at radius 2 is 1.89 bits per heavy atom. The zero-order chi connectivity index (χ0) is 19.1. The van der Waals surface area contributed by atoms with E-state index in [0.717, 1.165) is 47.8 Å². The number of rotatable bonds is 4. The lowest BCUT2D eigenvalue weighted by atomic mass is 9.62. The monoisotopic (exact) mass is 402 g/mol. The Balaban J connectivity index is 1.32. The molecule has 0 radical (unpaired) electrons. The summed E-state index contributed by atoms with van der Waals surface area (Å²) in [6.07, 6.45) is 14.5. The third-order valence-electron chi connectivity index (χ3n) is 9.08. The fourth-order valence-electron chi connectivity index (χ4n) is 7.77. The van der Waals surface area contributed by atoms with Crippen LogP contribution in [0, 0.1) is 40.9 Å². The molecule has 0 amide bonds. The Hall–Kier alpha value is -0.280. The minimum absolute atomic E-state index is 0.332. The first-order valence-corrected chi connectivity index (χ1v) is 12.9. The van der Waals surface area contributed by atoms with Gasteiger partial charge in [-0.25, -0.2) is 0 Å². The van der Waals surface area contributed by atoms with E-state index in [0.29, 0.717) is 18.0 Å². The summed E-state index contributed by atoms with van der Waals surface area (Å²) >= 11 is 2.06. The maximum absolute atomic E-state index is 9.31. The quantitative estimate of drug-likeness (QED) is 0.698. The summed E-state index contributed by atoms with van der Waals surface area (Å²) in [5.41, 5.74) is 6.46. The minimum atomic E-state index is 0.332. The highest BCUT2D eigenvalue weighted by molar-refractivity contribution is 7.98. The molecule has 7 atom stereocenters. The standard InChI is InChI=1S/C23H38N4S/c24-13-15-4-6-16(7-5-15)19-3-1-2-17(23(19)22-10-11-26-28-22)14-27-18-8-9-21(27)20(25)12-18/h15-23,26H,1-12,14,25H2/t15?,16?,17?,18-,19?,20?,21+,22?,23?/m0/s1. The Bertz CT molecular complexity index is 578. The number of fused-ring (bicyclic) bond motifs is 2. The first kappa shape index (κ1) is 19.7. The average molecular weight is 403 g/mol. The molecular formula is C23H38N4S. The van der Waals surface area contributed by atoms with E-state index >= 15 is 0 Å². The van der Waals surface area contributed by atoms with Crippen LogP contribution in [0.4, 0.5) is 0 Å². The predicted octanol–water partition coefficient (Wildman–Crippen LogP) is 3.92. The number of nitrogens with zero attached hydrogens (tertiary/aromatic N) is 2. The zero-order valence-electron chi connectivity index (χ0n) is 17.3. The van der Waals surface area contributed by atoms with Crippen molar-refractivity contribution in [3.8, 4) is 6.07 Å². The summed E-state index contributed by atoms with van der Waals surface area (Å²) in [6, 6.07) is 4.42. The van der Waals surface area contributed by atoms with Crippen LogP contribution in [-0.4, -0.2) is 41.4 Å². The van der Waals surface area contributed by atoms with Gasteiger partial charge >= 0.3 is 0 Å². The second-order valence-electron chi connectivity index (χ2n) is 10.4. The molecule has 0 aromatic rings. The van der Waals surface area contributed by atoms with Crippen molar-refractivity contribution in [3.63, 3.8) is 0 Å². The van der Waals surface area contributed by atoms with Gasteiger partial charge in [0, 0.05) is 42.4 Å². The summed E-state index contributed by atoms with van der Waals surface area (Å²) in [5.74, 6) is 3.83. The molecule has 5 heteroatoms. The molecule has 2 aliphatic carbocycles. The highest BCUT2D eigenvalue weighted by Gasteiger charge is 2.49. The van der Waals surface area contributed by atoms with E-state index in [1.165, 1.54) is 70.9 Å². The van der Waals surface area contributed by atoms with E-state index in [1.54, 1.807) is 0 Å². The van der Waals surface area contributed by atoms with Crippen LogP contribution in [0.3, 0.4) is 0 Å². The van der Waals surface area contributed by atoms with E-state index < -0.39 is 0 Å². The topological polar surface area (TPSA) is 65.1 Å². The van der Waals surface area contributed by atoms with Crippen LogP contribution in [0.15, 0.2) is 0 Å². The van der Waals surface area contributed by atoms with Gasteiger partial charge in [-0.2, -0.15) is 5.26 Å². The number of nitrogens with two attached hydrogens (primary N) is 1. The minimum Gasteiger partial charge on any atom is -0.326 e. The third kappa shape index (κ3) is 3.64. The fraction of sp³-hybridized carbons (Fsp3) is 0.957. The third-order valence-corrected chi connectivity index (χ3v) is 10.3. The highest BCUT2D eigenvalue weighted by Crippen LogP contribution is 2.50. The van der Waals surface area contributed by atoms with E-state index in [4.69, 9.17) is 5.73 Å². The smallest absolute Gasteiger partial charge is 0.0655 e. The molecule has 0 aromatic carbocycles. The lowest BCUT2D eigenvalue weighted by Gasteiger charge is -2.47. The molecule has 3 aliphatic heterocycles. The average Bonchev–Trinajstić information content (AvgIpc) is 3.45. The van der Waals surface area contributed by atoms with Crippen LogP contribution in [-0.2, 0) is 0 Å². The van der Waals surface area contributed by atoms with E-state index in [2.05, 4.69) is 27.6 Å². The maximum atomic E-state index is 9.31. The largest absolute Gasteiger partial charge is 0.326 e. The van der Waals surface area contributed by atoms with Crippen molar-refractivity contribution in [1.82, 2.24) is 9.62 Å². The van der Waals surface area contributed by atoms with Crippen molar-refractivity contribution in [2.75, 3.05) is 13.1 Å². The van der Waals surface area contributed by atoms with Gasteiger partial charge in [0.1, 0.15) is 0 Å². The normalized spacial score (nSPS) is 49.4. The Kier molecular flexibility index (Phi) is 5.94. The van der Waals surface area contributed by atoms with Crippen molar-refractivity contribution >= 4 is 11.9 Å². The SMILES string of the molecule is N#CC1CCC(C2CCCC(CN3[C@H]4CC[C@@H]3C(N)C4)C2C2CCNS2)CC1. The number of hydrogen-bond donors (Lipinski definition) is 2. The predicted molar refractivity (Wildman–Crippen MR) is 115 cm³/mol. The van der Waals surface area contributed by atoms with Crippen LogP contribution in [0.5, 0.6) is 0 Å². The summed E-state index contributed by atoms with van der Waals surface area (Å²) < 4.78 is 3.60. The first-order valence-electron chi connectivity index (χ1n) is 12.0. The van der Waals surface area contributed by atoms with Gasteiger partial charge in [0.25, 0.3) is 0 Å². The van der Waals surface area contributed by atoms with Gasteiger partial charge in [-0.1, -0.05) is 18.4 Å². The van der Waals surface area contributed by atoms with Gasteiger partial charge < -0.3 is 5.73 Å². The molecule has 3 heterocycles. The van der Waals surface area contributed by atoms with Crippen LogP contribution in [0.1, 0.15) is 70.6 Å². The van der Waals surface area contributed by atoms with Gasteiger partial charge in [0.2, 0.25) is 0 Å². The maximum Gasteiger partial charge on any atom is 0.0655 e. The van der Waals surface area contributed by atoms with Crippen molar-refractivity contribution in [1.29, 1.82) is 5.26 Å². The molecule has 3 N–H and O–H groups in total. The van der Waals surface area contributed by atoms with Crippen LogP contribution >= 0.6 is 11.9 Å². The zero-order valence-corrected chi connectivity index (χ0v) is 18.1. The molecule has 0 spiro atoms. The molecule has 5 aliphatic rings. The van der Waals surface area contributed by atoms with Gasteiger partial charge in [-0.3, -0.25) is 9.62 Å². The van der Waals surface area contributed by atoms with E-state index in [9.17, 15) is 5.26 Å². The van der Waals surface area contributed by atoms with Gasteiger partial charge in [0.05, 0.1) is 6.07 Å². The Morgan fingerprint density at radius 3 is 2.54 bits per heavy atom. The fourth-order valence-corrected chi connectivity index (χ4v) is 9.04. The number of nitrogens with one attached hydrogen (secondary N) is 1. The first-order chi connectivity index (χ1) is 13.7. The molecule has 4 nitrogen and oxygen atoms in total. The molecular weight excluding hydrogens is 364 g/mol. The second-order valence-corrected chi connectivity index (χ2v) is 11.5. The Morgan fingerprint density at radius 1 is 1.04 bits per heavy atom. The van der Waals surface area contributed by atoms with Crippen LogP contribution < -0.4 is 10.5 Å².